The number of benzene rings is 2. The van der Waals surface area contributed by atoms with E-state index in [9.17, 15) is 4.79 Å². The zero-order valence-electron chi connectivity index (χ0n) is 15.4. The van der Waals surface area contributed by atoms with Gasteiger partial charge >= 0.3 is 0 Å². The van der Waals surface area contributed by atoms with Gasteiger partial charge in [0.15, 0.2) is 5.82 Å². The second kappa shape index (κ2) is 8.31. The first kappa shape index (κ1) is 18.4. The van der Waals surface area contributed by atoms with Crippen LogP contribution >= 0.6 is 0 Å². The average molecular weight is 367 g/mol. The number of tetrazole rings is 1. The van der Waals surface area contributed by atoms with Crippen LogP contribution in [0.3, 0.4) is 0 Å². The highest BCUT2D eigenvalue weighted by Gasteiger charge is 2.27. The maximum atomic E-state index is 13.0. The van der Waals surface area contributed by atoms with Gasteiger partial charge in [-0.05, 0) is 42.7 Å². The highest BCUT2D eigenvalue weighted by atomic mass is 16.5. The second-order valence-electron chi connectivity index (χ2n) is 6.06. The number of aromatic nitrogens is 4. The number of hydrogen-bond donors (Lipinski definition) is 2. The third-order valence-corrected chi connectivity index (χ3v) is 4.19. The molecule has 0 radical (unpaired) electrons. The third kappa shape index (κ3) is 4.41. The molecule has 1 aromatic heterocycles. The van der Waals surface area contributed by atoms with Crippen LogP contribution in [0.4, 0.5) is 5.69 Å². The lowest BCUT2D eigenvalue weighted by atomic mass is 9.96. The SMILES string of the molecule is COc1ccc(C[C@@H](C(=O)Nc2cccc(C)c2)c2nn[nH]n2)c(OC)c1. The van der Waals surface area contributed by atoms with E-state index >= 15 is 0 Å². The van der Waals surface area contributed by atoms with Crippen molar-refractivity contribution in [3.8, 4) is 11.5 Å². The minimum absolute atomic E-state index is 0.222. The van der Waals surface area contributed by atoms with Crippen molar-refractivity contribution in [2.45, 2.75) is 19.3 Å². The van der Waals surface area contributed by atoms with Crippen molar-refractivity contribution < 1.29 is 14.3 Å². The summed E-state index contributed by atoms with van der Waals surface area (Å²) in [6.07, 6.45) is 0.352. The Morgan fingerprint density at radius 1 is 1.19 bits per heavy atom. The maximum absolute atomic E-state index is 13.0. The predicted molar refractivity (Wildman–Crippen MR) is 100.0 cm³/mol. The molecule has 0 fully saturated rings. The number of nitrogens with zero attached hydrogens (tertiary/aromatic N) is 3. The van der Waals surface area contributed by atoms with E-state index in [1.807, 2.05) is 43.3 Å². The van der Waals surface area contributed by atoms with Gasteiger partial charge in [-0.2, -0.15) is 5.21 Å². The molecule has 27 heavy (non-hydrogen) atoms. The van der Waals surface area contributed by atoms with Crippen molar-refractivity contribution in [3.05, 3.63) is 59.4 Å². The van der Waals surface area contributed by atoms with Crippen LogP contribution in [0.1, 0.15) is 22.9 Å². The van der Waals surface area contributed by atoms with E-state index in [4.69, 9.17) is 9.47 Å². The van der Waals surface area contributed by atoms with Gasteiger partial charge in [0.1, 0.15) is 17.4 Å². The van der Waals surface area contributed by atoms with Gasteiger partial charge in [-0.15, -0.1) is 10.2 Å². The Kier molecular flexibility index (Phi) is 5.65. The van der Waals surface area contributed by atoms with Gasteiger partial charge in [-0.1, -0.05) is 23.4 Å². The number of carbonyl (C=O) groups excluding carboxylic acids is 1. The number of carbonyl (C=O) groups is 1. The lowest BCUT2D eigenvalue weighted by Crippen LogP contribution is -2.24. The summed E-state index contributed by atoms with van der Waals surface area (Å²) in [6, 6.07) is 13.1. The van der Waals surface area contributed by atoms with Gasteiger partial charge in [-0.3, -0.25) is 4.79 Å². The highest BCUT2D eigenvalue weighted by molar-refractivity contribution is 5.95. The number of amides is 1. The minimum atomic E-state index is -0.633. The minimum Gasteiger partial charge on any atom is -0.497 e. The Labute approximate surface area is 156 Å². The molecule has 0 bridgehead atoms. The number of anilines is 1. The first-order valence-electron chi connectivity index (χ1n) is 8.42. The molecule has 0 unspecified atom stereocenters. The molecule has 0 aliphatic heterocycles. The molecule has 0 aliphatic rings. The maximum Gasteiger partial charge on any atom is 0.235 e. The molecule has 0 spiro atoms. The van der Waals surface area contributed by atoms with Crippen LogP contribution < -0.4 is 14.8 Å². The number of nitrogens with one attached hydrogen (secondary N) is 2. The Bertz CT molecular complexity index is 911. The third-order valence-electron chi connectivity index (χ3n) is 4.19. The first-order chi connectivity index (χ1) is 13.1. The van der Waals surface area contributed by atoms with Crippen molar-refractivity contribution in [1.82, 2.24) is 20.6 Å². The van der Waals surface area contributed by atoms with Crippen LogP contribution in [-0.4, -0.2) is 40.8 Å². The Morgan fingerprint density at radius 3 is 2.70 bits per heavy atom. The quantitative estimate of drug-likeness (QED) is 0.665. The van der Waals surface area contributed by atoms with Gasteiger partial charge < -0.3 is 14.8 Å². The van der Waals surface area contributed by atoms with E-state index in [0.29, 0.717) is 23.7 Å². The summed E-state index contributed by atoms with van der Waals surface area (Å²) in [6.45, 7) is 1.97. The van der Waals surface area contributed by atoms with Crippen molar-refractivity contribution in [3.63, 3.8) is 0 Å². The molecule has 1 atom stereocenters. The molecule has 3 rings (SSSR count). The number of H-pyrrole nitrogens is 1. The molecule has 1 heterocycles. The summed E-state index contributed by atoms with van der Waals surface area (Å²) in [5.74, 6) is 0.770. The summed E-state index contributed by atoms with van der Waals surface area (Å²) in [5.41, 5.74) is 2.61. The molecule has 140 valence electrons. The van der Waals surface area contributed by atoms with Gasteiger partial charge in [0, 0.05) is 11.8 Å². The van der Waals surface area contributed by atoms with E-state index in [1.54, 1.807) is 20.3 Å². The molecule has 0 saturated carbocycles. The Morgan fingerprint density at radius 2 is 2.04 bits per heavy atom. The molecule has 0 saturated heterocycles. The van der Waals surface area contributed by atoms with E-state index in [1.165, 1.54) is 0 Å². The topological polar surface area (TPSA) is 102 Å². The molecular formula is C19H21N5O3. The summed E-state index contributed by atoms with van der Waals surface area (Å²) in [7, 11) is 3.17. The number of rotatable bonds is 7. The largest absolute Gasteiger partial charge is 0.497 e. The van der Waals surface area contributed by atoms with Gasteiger partial charge in [-0.25, -0.2) is 0 Å². The summed E-state index contributed by atoms with van der Waals surface area (Å²) in [5, 5.41) is 16.9. The fourth-order valence-electron chi connectivity index (χ4n) is 2.81. The molecule has 2 N–H and O–H groups in total. The van der Waals surface area contributed by atoms with Crippen LogP contribution in [0.25, 0.3) is 0 Å². The van der Waals surface area contributed by atoms with Crippen molar-refractivity contribution >= 4 is 11.6 Å². The second-order valence-corrected chi connectivity index (χ2v) is 6.06. The molecule has 2 aromatic carbocycles. The zero-order chi connectivity index (χ0) is 19.2. The summed E-state index contributed by atoms with van der Waals surface area (Å²) in [4.78, 5) is 13.0. The van der Waals surface area contributed by atoms with Gasteiger partial charge in [0.2, 0.25) is 5.91 Å². The fourth-order valence-corrected chi connectivity index (χ4v) is 2.81. The summed E-state index contributed by atoms with van der Waals surface area (Å²) >= 11 is 0. The van der Waals surface area contributed by atoms with Gasteiger partial charge in [0.05, 0.1) is 14.2 Å². The van der Waals surface area contributed by atoms with Crippen molar-refractivity contribution in [1.29, 1.82) is 0 Å². The van der Waals surface area contributed by atoms with Crippen LogP contribution in [-0.2, 0) is 11.2 Å². The van der Waals surface area contributed by atoms with Crippen LogP contribution in [0.15, 0.2) is 42.5 Å². The van der Waals surface area contributed by atoms with Crippen LogP contribution in [0.2, 0.25) is 0 Å². The molecule has 1 amide bonds. The normalized spacial score (nSPS) is 11.7. The molecular weight excluding hydrogens is 346 g/mol. The van der Waals surface area contributed by atoms with Crippen LogP contribution in [0, 0.1) is 6.92 Å². The van der Waals surface area contributed by atoms with Crippen molar-refractivity contribution in [2.24, 2.45) is 0 Å². The number of ether oxygens (including phenoxy) is 2. The molecule has 8 nitrogen and oxygen atoms in total. The fraction of sp³-hybridized carbons (Fsp3) is 0.263. The van der Waals surface area contributed by atoms with Crippen LogP contribution in [0.5, 0.6) is 11.5 Å². The lowest BCUT2D eigenvalue weighted by Gasteiger charge is -2.16. The summed E-state index contributed by atoms with van der Waals surface area (Å²) < 4.78 is 10.7. The Hall–Kier alpha value is -3.42. The number of hydrogen-bond acceptors (Lipinski definition) is 6. The highest BCUT2D eigenvalue weighted by Crippen LogP contribution is 2.29. The smallest absolute Gasteiger partial charge is 0.235 e. The number of aromatic amines is 1. The number of methoxy groups -OCH3 is 2. The molecule has 0 aliphatic carbocycles. The van der Waals surface area contributed by atoms with Gasteiger partial charge in [0.25, 0.3) is 0 Å². The van der Waals surface area contributed by atoms with E-state index in [0.717, 1.165) is 16.8 Å². The van der Waals surface area contributed by atoms with E-state index < -0.39 is 5.92 Å². The number of aryl methyl sites for hydroxylation is 1. The first-order valence-corrected chi connectivity index (χ1v) is 8.42. The Balaban J connectivity index is 1.87. The lowest BCUT2D eigenvalue weighted by molar-refractivity contribution is -0.117. The standard InChI is InChI=1S/C19H21N5O3/c1-12-5-4-6-14(9-12)20-19(25)16(18-21-23-24-22-18)10-13-7-8-15(26-2)11-17(13)27-3/h4-9,11,16H,10H2,1-3H3,(H,20,25)(H,21,22,23,24)/t16-/m1/s1. The zero-order valence-corrected chi connectivity index (χ0v) is 15.4. The van der Waals surface area contributed by atoms with Crippen molar-refractivity contribution in [2.75, 3.05) is 19.5 Å². The molecule has 3 aromatic rings. The van der Waals surface area contributed by atoms with E-state index in [2.05, 4.69) is 25.9 Å². The average Bonchev–Trinajstić information content (AvgIpc) is 3.20. The monoisotopic (exact) mass is 367 g/mol. The van der Waals surface area contributed by atoms with E-state index in [-0.39, 0.29) is 5.91 Å². The molecule has 8 heteroatoms. The predicted octanol–water partition coefficient (Wildman–Crippen LogP) is 2.49.